The molecular weight excluding hydrogens is 482 g/mol. The van der Waals surface area contributed by atoms with Crippen LogP contribution < -0.4 is 15.4 Å². The molecule has 1 saturated carbocycles. The number of ether oxygens (including phenoxy) is 1. The second-order valence-corrected chi connectivity index (χ2v) is 11.1. The summed E-state index contributed by atoms with van der Waals surface area (Å²) >= 11 is 0. The first kappa shape index (κ1) is 27.6. The number of carbonyl (C=O) groups is 3. The number of benzene rings is 2. The van der Waals surface area contributed by atoms with Gasteiger partial charge in [-0.3, -0.25) is 14.4 Å². The third-order valence-electron chi connectivity index (χ3n) is 7.16. The summed E-state index contributed by atoms with van der Waals surface area (Å²) in [5, 5.41) is 15.8. The van der Waals surface area contributed by atoms with Crippen molar-refractivity contribution in [2.45, 2.75) is 83.5 Å². The molecule has 2 aromatic rings. The smallest absolute Gasteiger partial charge is 0.249 e. The number of aliphatic hydroxyl groups is 1. The highest BCUT2D eigenvalue weighted by molar-refractivity contribution is 5.97. The van der Waals surface area contributed by atoms with Gasteiger partial charge < -0.3 is 25.4 Å². The van der Waals surface area contributed by atoms with E-state index in [4.69, 9.17) is 4.74 Å². The van der Waals surface area contributed by atoms with E-state index >= 15 is 0 Å². The Bertz CT molecular complexity index is 1140. The van der Waals surface area contributed by atoms with Crippen molar-refractivity contribution < 1.29 is 24.2 Å². The maximum atomic E-state index is 13.4. The average Bonchev–Trinajstić information content (AvgIpc) is 3.68. The molecule has 1 aliphatic heterocycles. The highest BCUT2D eigenvalue weighted by atomic mass is 16.5. The predicted octanol–water partition coefficient (Wildman–Crippen LogP) is 3.84. The highest BCUT2D eigenvalue weighted by Gasteiger charge is 2.52. The largest absolute Gasteiger partial charge is 0.457 e. The van der Waals surface area contributed by atoms with Crippen molar-refractivity contribution >= 4 is 17.7 Å². The average molecular weight is 522 g/mol. The van der Waals surface area contributed by atoms with Gasteiger partial charge in [-0.2, -0.15) is 0 Å². The summed E-state index contributed by atoms with van der Waals surface area (Å²) < 4.78 is 5.99. The van der Waals surface area contributed by atoms with Crippen LogP contribution in [0.2, 0.25) is 0 Å². The molecular formula is C30H39N3O5. The van der Waals surface area contributed by atoms with Crippen LogP contribution in [0.5, 0.6) is 11.5 Å². The zero-order valence-electron chi connectivity index (χ0n) is 22.5. The monoisotopic (exact) mass is 521 g/mol. The van der Waals surface area contributed by atoms with Crippen LogP contribution in [0.1, 0.15) is 63.5 Å². The number of rotatable bonds is 10. The normalized spacial score (nSPS) is 19.4. The van der Waals surface area contributed by atoms with Gasteiger partial charge in [-0.1, -0.05) is 43.7 Å². The van der Waals surface area contributed by atoms with E-state index in [-0.39, 0.29) is 17.7 Å². The molecule has 0 radical (unpaired) electrons. The Morgan fingerprint density at radius 2 is 1.84 bits per heavy atom. The van der Waals surface area contributed by atoms with Gasteiger partial charge in [0.05, 0.1) is 0 Å². The Kier molecular flexibility index (Phi) is 8.72. The molecule has 2 fully saturated rings. The van der Waals surface area contributed by atoms with E-state index in [1.54, 1.807) is 4.90 Å². The lowest BCUT2D eigenvalue weighted by molar-refractivity contribution is -0.138. The molecule has 0 aromatic heterocycles. The fourth-order valence-corrected chi connectivity index (χ4v) is 4.77. The van der Waals surface area contributed by atoms with Gasteiger partial charge in [0.25, 0.3) is 0 Å². The minimum absolute atomic E-state index is 0.123. The number of hydrogen-bond donors (Lipinski definition) is 3. The zero-order valence-corrected chi connectivity index (χ0v) is 22.5. The number of aliphatic hydroxyl groups excluding tert-OH is 1. The Hall–Kier alpha value is -3.39. The molecule has 3 amide bonds. The molecule has 0 spiro atoms. The van der Waals surface area contributed by atoms with Crippen LogP contribution in [0, 0.1) is 12.8 Å². The zero-order chi connectivity index (χ0) is 27.3. The van der Waals surface area contributed by atoms with Crippen molar-refractivity contribution in [3.05, 3.63) is 59.7 Å². The van der Waals surface area contributed by atoms with Crippen molar-refractivity contribution in [3.63, 3.8) is 0 Å². The van der Waals surface area contributed by atoms with Gasteiger partial charge in [0.2, 0.25) is 17.7 Å². The lowest BCUT2D eigenvalue weighted by Crippen LogP contribution is -2.56. The SMILES string of the molecule is Cc1ccc(Oc2cccc(CN3CCCC[C@H](NC(=O)C4(NC(=O)[C@@H](O)CC(C)C)CC4)C3=O)c2)cc1. The first-order chi connectivity index (χ1) is 18.1. The van der Waals surface area contributed by atoms with Crippen LogP contribution in [-0.2, 0) is 20.9 Å². The van der Waals surface area contributed by atoms with Crippen molar-refractivity contribution in [2.75, 3.05) is 6.54 Å². The summed E-state index contributed by atoms with van der Waals surface area (Å²) in [7, 11) is 0. The molecule has 1 saturated heterocycles. The van der Waals surface area contributed by atoms with Crippen molar-refractivity contribution in [3.8, 4) is 11.5 Å². The molecule has 2 aliphatic rings. The van der Waals surface area contributed by atoms with Crippen LogP contribution in [0.25, 0.3) is 0 Å². The lowest BCUT2D eigenvalue weighted by Gasteiger charge is -2.27. The summed E-state index contributed by atoms with van der Waals surface area (Å²) in [6, 6.07) is 14.9. The molecule has 1 aliphatic carbocycles. The number of nitrogens with one attached hydrogen (secondary N) is 2. The summed E-state index contributed by atoms with van der Waals surface area (Å²) in [6.45, 7) is 6.90. The highest BCUT2D eigenvalue weighted by Crippen LogP contribution is 2.36. The van der Waals surface area contributed by atoms with E-state index in [1.807, 2.05) is 69.3 Å². The quantitative estimate of drug-likeness (QED) is 0.440. The van der Waals surface area contributed by atoms with Crippen LogP contribution in [-0.4, -0.2) is 52.0 Å². The van der Waals surface area contributed by atoms with Gasteiger partial charge in [0.1, 0.15) is 29.2 Å². The molecule has 2 atom stereocenters. The number of likely N-dealkylation sites (tertiary alicyclic amines) is 1. The number of carbonyl (C=O) groups excluding carboxylic acids is 3. The van der Waals surface area contributed by atoms with E-state index in [0.717, 1.165) is 29.7 Å². The van der Waals surface area contributed by atoms with Crippen LogP contribution in [0.15, 0.2) is 48.5 Å². The number of hydrogen-bond acceptors (Lipinski definition) is 5. The van der Waals surface area contributed by atoms with Gasteiger partial charge >= 0.3 is 0 Å². The second-order valence-electron chi connectivity index (χ2n) is 11.1. The van der Waals surface area contributed by atoms with Gasteiger partial charge in [0, 0.05) is 13.1 Å². The molecule has 8 nitrogen and oxygen atoms in total. The maximum Gasteiger partial charge on any atom is 0.249 e. The minimum Gasteiger partial charge on any atom is -0.457 e. The summed E-state index contributed by atoms with van der Waals surface area (Å²) in [5.74, 6) is 0.597. The van der Waals surface area contributed by atoms with E-state index < -0.39 is 23.6 Å². The van der Waals surface area contributed by atoms with Gasteiger partial charge in [0.15, 0.2) is 0 Å². The third-order valence-corrected chi connectivity index (χ3v) is 7.16. The molecule has 2 aromatic carbocycles. The summed E-state index contributed by atoms with van der Waals surface area (Å²) in [4.78, 5) is 40.8. The van der Waals surface area contributed by atoms with Crippen molar-refractivity contribution in [2.24, 2.45) is 5.92 Å². The van der Waals surface area contributed by atoms with Gasteiger partial charge in [-0.05, 0) is 81.2 Å². The first-order valence-corrected chi connectivity index (χ1v) is 13.6. The van der Waals surface area contributed by atoms with Crippen molar-refractivity contribution in [1.82, 2.24) is 15.5 Å². The Morgan fingerprint density at radius 1 is 1.11 bits per heavy atom. The van der Waals surface area contributed by atoms with Crippen LogP contribution >= 0.6 is 0 Å². The van der Waals surface area contributed by atoms with Crippen LogP contribution in [0.3, 0.4) is 0 Å². The summed E-state index contributed by atoms with van der Waals surface area (Å²) in [6.07, 6.45) is 2.39. The van der Waals surface area contributed by atoms with E-state index in [0.29, 0.717) is 44.5 Å². The molecule has 8 heteroatoms. The number of nitrogens with zero attached hydrogens (tertiary/aromatic N) is 1. The molecule has 0 unspecified atom stereocenters. The summed E-state index contributed by atoms with van der Waals surface area (Å²) in [5.41, 5.74) is 1.07. The van der Waals surface area contributed by atoms with E-state index in [2.05, 4.69) is 10.6 Å². The Labute approximate surface area is 224 Å². The molecule has 38 heavy (non-hydrogen) atoms. The third kappa shape index (κ3) is 7.13. The molecule has 3 N–H and O–H groups in total. The van der Waals surface area contributed by atoms with E-state index in [9.17, 15) is 19.5 Å². The topological polar surface area (TPSA) is 108 Å². The number of aryl methyl sites for hydroxylation is 1. The molecule has 1 heterocycles. The maximum absolute atomic E-state index is 13.4. The Balaban J connectivity index is 1.37. The van der Waals surface area contributed by atoms with Crippen molar-refractivity contribution in [1.29, 1.82) is 0 Å². The van der Waals surface area contributed by atoms with E-state index in [1.165, 1.54) is 0 Å². The van der Waals surface area contributed by atoms with Crippen LogP contribution in [0.4, 0.5) is 0 Å². The van der Waals surface area contributed by atoms with Gasteiger partial charge in [-0.15, -0.1) is 0 Å². The molecule has 0 bridgehead atoms. The Morgan fingerprint density at radius 3 is 2.53 bits per heavy atom. The van der Waals surface area contributed by atoms with Gasteiger partial charge in [-0.25, -0.2) is 0 Å². The fourth-order valence-electron chi connectivity index (χ4n) is 4.77. The number of amides is 3. The minimum atomic E-state index is -1.15. The predicted molar refractivity (Wildman–Crippen MR) is 144 cm³/mol. The lowest BCUT2D eigenvalue weighted by atomic mass is 10.0. The molecule has 204 valence electrons. The molecule has 4 rings (SSSR count). The second kappa shape index (κ2) is 12.0. The standard InChI is InChI=1S/C30H39N3O5/c1-20(2)17-26(34)27(35)32-30(14-15-30)29(37)31-25-9-4-5-16-33(28(25)36)19-22-7-6-8-24(18-22)38-23-12-10-21(3)11-13-23/h6-8,10-13,18,20,25-26,34H,4-5,9,14-17,19H2,1-3H3,(H,31,37)(H,32,35)/t25-,26-/m0/s1. The fraction of sp³-hybridized carbons (Fsp3) is 0.500. The first-order valence-electron chi connectivity index (χ1n) is 13.6.